The number of carbonyl (C=O) groups excluding carboxylic acids is 1. The summed E-state index contributed by atoms with van der Waals surface area (Å²) in [6.45, 7) is 4.86. The first-order chi connectivity index (χ1) is 8.19. The van der Waals surface area contributed by atoms with Crippen molar-refractivity contribution in [1.29, 1.82) is 0 Å². The maximum atomic E-state index is 11.7. The van der Waals surface area contributed by atoms with Gasteiger partial charge in [0.15, 0.2) is 0 Å². The fraction of sp³-hybridized carbons (Fsp3) is 0.917. The molecule has 1 heterocycles. The van der Waals surface area contributed by atoms with Crippen molar-refractivity contribution in [3.05, 3.63) is 0 Å². The summed E-state index contributed by atoms with van der Waals surface area (Å²) >= 11 is 0. The Labute approximate surface area is 104 Å². The molecule has 1 fully saturated rings. The number of carbonyl (C=O) groups is 1. The third-order valence-corrected chi connectivity index (χ3v) is 3.32. The summed E-state index contributed by atoms with van der Waals surface area (Å²) < 4.78 is 5.36. The second kappa shape index (κ2) is 7.63. The first-order valence-corrected chi connectivity index (χ1v) is 6.45. The van der Waals surface area contributed by atoms with Crippen LogP contribution in [0.4, 0.5) is 0 Å². The lowest BCUT2D eigenvalue weighted by molar-refractivity contribution is -0.122. The van der Waals surface area contributed by atoms with Crippen LogP contribution in [0.2, 0.25) is 0 Å². The number of likely N-dealkylation sites (N-methyl/N-ethyl adjacent to an activating group) is 1. The topological polar surface area (TPSA) is 67.6 Å². The molecular weight excluding hydrogens is 218 g/mol. The molecule has 17 heavy (non-hydrogen) atoms. The van der Waals surface area contributed by atoms with Gasteiger partial charge in [-0.15, -0.1) is 0 Å². The molecule has 1 rings (SSSR count). The second-order valence-corrected chi connectivity index (χ2v) is 4.63. The highest BCUT2D eigenvalue weighted by Gasteiger charge is 2.26. The number of nitrogens with one attached hydrogen (secondary N) is 1. The molecule has 5 nitrogen and oxygen atoms in total. The van der Waals surface area contributed by atoms with Crippen molar-refractivity contribution in [2.75, 3.05) is 33.4 Å². The first kappa shape index (κ1) is 14.4. The van der Waals surface area contributed by atoms with Gasteiger partial charge < -0.3 is 15.8 Å². The van der Waals surface area contributed by atoms with Crippen molar-refractivity contribution in [1.82, 2.24) is 10.2 Å². The van der Waals surface area contributed by atoms with Gasteiger partial charge in [0.2, 0.25) is 5.91 Å². The van der Waals surface area contributed by atoms with E-state index in [1.54, 1.807) is 0 Å². The minimum absolute atomic E-state index is 0.0908. The lowest BCUT2D eigenvalue weighted by atomic mass is 10.1. The highest BCUT2D eigenvalue weighted by atomic mass is 16.5. The monoisotopic (exact) mass is 243 g/mol. The fourth-order valence-electron chi connectivity index (χ4n) is 2.09. The first-order valence-electron chi connectivity index (χ1n) is 6.45. The Kier molecular flexibility index (Phi) is 6.47. The summed E-state index contributed by atoms with van der Waals surface area (Å²) in [5.41, 5.74) is 5.76. The molecule has 0 aromatic rings. The van der Waals surface area contributed by atoms with Gasteiger partial charge in [-0.1, -0.05) is 6.92 Å². The summed E-state index contributed by atoms with van der Waals surface area (Å²) in [6, 6.07) is 0.515. The van der Waals surface area contributed by atoms with Crippen LogP contribution in [-0.2, 0) is 9.53 Å². The number of hydrogen-bond acceptors (Lipinski definition) is 4. The lowest BCUT2D eigenvalue weighted by Crippen LogP contribution is -2.47. The summed E-state index contributed by atoms with van der Waals surface area (Å²) in [6.07, 6.45) is 2.47. The van der Waals surface area contributed by atoms with Gasteiger partial charge in [-0.2, -0.15) is 0 Å². The number of nitrogens with zero attached hydrogens (tertiary/aromatic N) is 1. The molecule has 0 bridgehead atoms. The van der Waals surface area contributed by atoms with Crippen molar-refractivity contribution >= 4 is 5.91 Å². The van der Waals surface area contributed by atoms with Crippen LogP contribution in [0.3, 0.4) is 0 Å². The van der Waals surface area contributed by atoms with E-state index >= 15 is 0 Å². The largest absolute Gasteiger partial charge is 0.380 e. The maximum Gasteiger partial charge on any atom is 0.221 e. The van der Waals surface area contributed by atoms with Gasteiger partial charge in [0.1, 0.15) is 0 Å². The maximum absolute atomic E-state index is 11.7. The highest BCUT2D eigenvalue weighted by Crippen LogP contribution is 2.14. The van der Waals surface area contributed by atoms with E-state index in [-0.39, 0.29) is 11.9 Å². The summed E-state index contributed by atoms with van der Waals surface area (Å²) in [7, 11) is 2.03. The summed E-state index contributed by atoms with van der Waals surface area (Å²) in [4.78, 5) is 13.9. The third kappa shape index (κ3) is 4.61. The Balaban J connectivity index is 2.38. The van der Waals surface area contributed by atoms with E-state index in [0.717, 1.165) is 32.6 Å². The molecule has 0 saturated carbocycles. The van der Waals surface area contributed by atoms with Crippen LogP contribution < -0.4 is 11.1 Å². The number of ether oxygens (including phenoxy) is 1. The number of rotatable bonds is 7. The zero-order valence-electron chi connectivity index (χ0n) is 10.9. The zero-order chi connectivity index (χ0) is 12.7. The minimum atomic E-state index is 0.0908. The van der Waals surface area contributed by atoms with E-state index in [2.05, 4.69) is 10.2 Å². The number of hydrogen-bond donors (Lipinski definition) is 2. The molecule has 3 N–H and O–H groups in total. The Bertz CT molecular complexity index is 230. The van der Waals surface area contributed by atoms with Crippen LogP contribution in [0.15, 0.2) is 0 Å². The molecule has 0 aliphatic carbocycles. The molecule has 0 aromatic carbocycles. The van der Waals surface area contributed by atoms with E-state index in [1.807, 2.05) is 14.0 Å². The molecule has 1 amide bonds. The van der Waals surface area contributed by atoms with E-state index in [4.69, 9.17) is 10.5 Å². The van der Waals surface area contributed by atoms with Gasteiger partial charge in [0, 0.05) is 38.2 Å². The fourth-order valence-corrected chi connectivity index (χ4v) is 2.09. The Morgan fingerprint density at radius 2 is 2.41 bits per heavy atom. The molecule has 5 heteroatoms. The molecule has 1 aliphatic heterocycles. The molecule has 0 radical (unpaired) electrons. The molecule has 0 aromatic heterocycles. The number of nitrogens with two attached hydrogens (primary N) is 1. The molecule has 2 atom stereocenters. The van der Waals surface area contributed by atoms with Crippen molar-refractivity contribution < 1.29 is 9.53 Å². The van der Waals surface area contributed by atoms with Crippen molar-refractivity contribution in [3.8, 4) is 0 Å². The van der Waals surface area contributed by atoms with Gasteiger partial charge in [0.25, 0.3) is 0 Å². The molecule has 2 unspecified atom stereocenters. The van der Waals surface area contributed by atoms with Crippen LogP contribution >= 0.6 is 0 Å². The minimum Gasteiger partial charge on any atom is -0.380 e. The molecular formula is C12H25N3O2. The Morgan fingerprint density at radius 3 is 2.94 bits per heavy atom. The zero-order valence-corrected chi connectivity index (χ0v) is 10.9. The smallest absolute Gasteiger partial charge is 0.221 e. The molecule has 100 valence electrons. The Morgan fingerprint density at radius 1 is 1.65 bits per heavy atom. The molecule has 0 spiro atoms. The lowest BCUT2D eigenvalue weighted by Gasteiger charge is -2.31. The van der Waals surface area contributed by atoms with Gasteiger partial charge in [-0.25, -0.2) is 0 Å². The predicted octanol–water partition coefficient (Wildman–Crippen LogP) is -0.0493. The van der Waals surface area contributed by atoms with Gasteiger partial charge in [-0.3, -0.25) is 9.69 Å². The summed E-state index contributed by atoms with van der Waals surface area (Å²) in [5.74, 6) is 0.0908. The molecule has 1 aliphatic rings. The van der Waals surface area contributed by atoms with Crippen LogP contribution in [0.1, 0.15) is 26.2 Å². The van der Waals surface area contributed by atoms with Crippen molar-refractivity contribution in [2.24, 2.45) is 5.73 Å². The summed E-state index contributed by atoms with van der Waals surface area (Å²) in [5, 5.41) is 2.89. The average molecular weight is 243 g/mol. The van der Waals surface area contributed by atoms with Gasteiger partial charge >= 0.3 is 0 Å². The van der Waals surface area contributed by atoms with Crippen molar-refractivity contribution in [3.63, 3.8) is 0 Å². The number of amides is 1. The van der Waals surface area contributed by atoms with E-state index in [1.165, 1.54) is 0 Å². The van der Waals surface area contributed by atoms with Crippen LogP contribution in [0, 0.1) is 0 Å². The van der Waals surface area contributed by atoms with Gasteiger partial charge in [0.05, 0.1) is 6.61 Å². The van der Waals surface area contributed by atoms with Gasteiger partial charge in [-0.05, 0) is 19.9 Å². The third-order valence-electron chi connectivity index (χ3n) is 3.32. The SMILES string of the molecule is CCCNC(=O)CC(CN)N(C)C1CCOC1. The Hall–Kier alpha value is -0.650. The van der Waals surface area contributed by atoms with Crippen LogP contribution in [0.25, 0.3) is 0 Å². The van der Waals surface area contributed by atoms with Crippen LogP contribution in [-0.4, -0.2) is 56.2 Å². The van der Waals surface area contributed by atoms with E-state index < -0.39 is 0 Å². The van der Waals surface area contributed by atoms with E-state index in [9.17, 15) is 4.79 Å². The van der Waals surface area contributed by atoms with Crippen LogP contribution in [0.5, 0.6) is 0 Å². The predicted molar refractivity (Wildman–Crippen MR) is 67.7 cm³/mol. The quantitative estimate of drug-likeness (QED) is 0.658. The normalized spacial score (nSPS) is 21.8. The highest BCUT2D eigenvalue weighted by molar-refractivity contribution is 5.76. The second-order valence-electron chi connectivity index (χ2n) is 4.63. The van der Waals surface area contributed by atoms with E-state index in [0.29, 0.717) is 19.0 Å². The average Bonchev–Trinajstić information content (AvgIpc) is 2.86. The standard InChI is InChI=1S/C12H25N3O2/c1-3-5-14-12(16)7-11(8-13)15(2)10-4-6-17-9-10/h10-11H,3-9,13H2,1-2H3,(H,14,16). The molecule has 1 saturated heterocycles. The van der Waals surface area contributed by atoms with Crippen molar-refractivity contribution in [2.45, 2.75) is 38.3 Å².